The molecular formula is C22H19Cl2N3. The van der Waals surface area contributed by atoms with Crippen molar-refractivity contribution in [2.45, 2.75) is 12.6 Å². The Morgan fingerprint density at radius 3 is 2.33 bits per heavy atom. The van der Waals surface area contributed by atoms with Crippen molar-refractivity contribution in [1.29, 1.82) is 0 Å². The zero-order chi connectivity index (χ0) is 18.6. The highest BCUT2D eigenvalue weighted by atomic mass is 35.5. The molecule has 27 heavy (non-hydrogen) atoms. The van der Waals surface area contributed by atoms with E-state index in [1.165, 1.54) is 5.56 Å². The van der Waals surface area contributed by atoms with Crippen LogP contribution in [0.2, 0.25) is 10.0 Å². The monoisotopic (exact) mass is 395 g/mol. The van der Waals surface area contributed by atoms with Gasteiger partial charge in [0.05, 0.1) is 19.1 Å². The number of benzene rings is 3. The van der Waals surface area contributed by atoms with Gasteiger partial charge in [0.25, 0.3) is 0 Å². The maximum absolute atomic E-state index is 6.31. The molecule has 0 amide bonds. The molecule has 1 heterocycles. The molecule has 1 saturated heterocycles. The predicted molar refractivity (Wildman–Crippen MR) is 114 cm³/mol. The number of hydrogen-bond donors (Lipinski definition) is 1. The lowest BCUT2D eigenvalue weighted by atomic mass is 10.1. The summed E-state index contributed by atoms with van der Waals surface area (Å²) in [6, 6.07) is 26.4. The van der Waals surface area contributed by atoms with Crippen molar-refractivity contribution < 1.29 is 0 Å². The van der Waals surface area contributed by atoms with Crippen LogP contribution in [0.5, 0.6) is 0 Å². The normalized spacial score (nSPS) is 17.9. The number of nitrogens with zero attached hydrogens (tertiary/aromatic N) is 2. The van der Waals surface area contributed by atoms with Crippen LogP contribution in [0.3, 0.4) is 0 Å². The van der Waals surface area contributed by atoms with E-state index in [0.29, 0.717) is 16.6 Å². The lowest BCUT2D eigenvalue weighted by Crippen LogP contribution is -2.30. The zero-order valence-corrected chi connectivity index (χ0v) is 16.2. The van der Waals surface area contributed by atoms with Gasteiger partial charge in [0, 0.05) is 15.7 Å². The van der Waals surface area contributed by atoms with Crippen LogP contribution in [0.15, 0.2) is 83.9 Å². The Balaban J connectivity index is 1.63. The van der Waals surface area contributed by atoms with Crippen molar-refractivity contribution in [3.8, 4) is 0 Å². The highest BCUT2D eigenvalue weighted by molar-refractivity contribution is 6.35. The van der Waals surface area contributed by atoms with E-state index in [2.05, 4.69) is 46.6 Å². The molecule has 0 unspecified atom stereocenters. The molecular weight excluding hydrogens is 377 g/mol. The van der Waals surface area contributed by atoms with Crippen molar-refractivity contribution in [3.63, 3.8) is 0 Å². The Morgan fingerprint density at radius 1 is 0.926 bits per heavy atom. The summed E-state index contributed by atoms with van der Waals surface area (Å²) >= 11 is 12.3. The number of halogens is 2. The van der Waals surface area contributed by atoms with Gasteiger partial charge in [-0.2, -0.15) is 0 Å². The Bertz CT molecular complexity index is 942. The number of rotatable bonds is 4. The summed E-state index contributed by atoms with van der Waals surface area (Å²) in [6.45, 7) is 1.31. The van der Waals surface area contributed by atoms with E-state index in [-0.39, 0.29) is 6.04 Å². The van der Waals surface area contributed by atoms with Crippen LogP contribution in [0.1, 0.15) is 17.2 Å². The summed E-state index contributed by atoms with van der Waals surface area (Å²) in [4.78, 5) is 7.03. The lowest BCUT2D eigenvalue weighted by molar-refractivity contribution is 0.720. The van der Waals surface area contributed by atoms with E-state index in [9.17, 15) is 0 Å². The van der Waals surface area contributed by atoms with Gasteiger partial charge < -0.3 is 10.2 Å². The number of nitrogens with one attached hydrogen (secondary N) is 1. The van der Waals surface area contributed by atoms with E-state index >= 15 is 0 Å². The van der Waals surface area contributed by atoms with Crippen LogP contribution in [-0.2, 0) is 6.54 Å². The second-order valence-electron chi connectivity index (χ2n) is 6.43. The third kappa shape index (κ3) is 4.10. The number of aliphatic imine (C=N–C) groups is 1. The first-order valence-electron chi connectivity index (χ1n) is 8.83. The van der Waals surface area contributed by atoms with E-state index in [1.54, 1.807) is 6.07 Å². The highest BCUT2D eigenvalue weighted by Crippen LogP contribution is 2.26. The van der Waals surface area contributed by atoms with Gasteiger partial charge in [-0.15, -0.1) is 0 Å². The average Bonchev–Trinajstić information content (AvgIpc) is 3.13. The van der Waals surface area contributed by atoms with Gasteiger partial charge in [-0.25, -0.2) is 4.99 Å². The standard InChI is InChI=1S/C22H19Cl2N3/c23-18-12-11-17(20(24)13-18)14-25-22-26-21(16-7-3-1-4-8-16)15-27(22)19-9-5-2-6-10-19/h1-13,21H,14-15H2,(H,25,26)/t21-/m0/s1. The zero-order valence-electron chi connectivity index (χ0n) is 14.6. The predicted octanol–water partition coefficient (Wildman–Crippen LogP) is 5.70. The molecule has 1 aliphatic rings. The van der Waals surface area contributed by atoms with Gasteiger partial charge in [-0.3, -0.25) is 0 Å². The van der Waals surface area contributed by atoms with Crippen LogP contribution in [-0.4, -0.2) is 12.5 Å². The first kappa shape index (κ1) is 17.9. The van der Waals surface area contributed by atoms with Crippen LogP contribution >= 0.6 is 23.2 Å². The maximum Gasteiger partial charge on any atom is 0.199 e. The van der Waals surface area contributed by atoms with Gasteiger partial charge in [-0.1, -0.05) is 77.8 Å². The number of guanidine groups is 1. The van der Waals surface area contributed by atoms with Crippen molar-refractivity contribution in [1.82, 2.24) is 5.32 Å². The highest BCUT2D eigenvalue weighted by Gasteiger charge is 2.29. The molecule has 0 spiro atoms. The first-order valence-corrected chi connectivity index (χ1v) is 9.59. The first-order chi connectivity index (χ1) is 13.2. The third-order valence-electron chi connectivity index (χ3n) is 4.61. The number of hydrogen-bond acceptors (Lipinski definition) is 1. The molecule has 1 fully saturated rings. The van der Waals surface area contributed by atoms with Crippen molar-refractivity contribution in [2.75, 3.05) is 11.4 Å². The van der Waals surface area contributed by atoms with Gasteiger partial charge >= 0.3 is 0 Å². The second-order valence-corrected chi connectivity index (χ2v) is 7.27. The molecule has 3 aromatic carbocycles. The van der Waals surface area contributed by atoms with Crippen LogP contribution < -0.4 is 10.2 Å². The maximum atomic E-state index is 6.31. The second kappa shape index (κ2) is 8.03. The summed E-state index contributed by atoms with van der Waals surface area (Å²) in [6.07, 6.45) is 0. The molecule has 0 radical (unpaired) electrons. The molecule has 3 nitrogen and oxygen atoms in total. The fourth-order valence-electron chi connectivity index (χ4n) is 3.20. The fourth-order valence-corrected chi connectivity index (χ4v) is 3.67. The quantitative estimate of drug-likeness (QED) is 0.613. The van der Waals surface area contributed by atoms with Crippen molar-refractivity contribution >= 4 is 34.8 Å². The van der Waals surface area contributed by atoms with Crippen molar-refractivity contribution in [2.24, 2.45) is 4.99 Å². The average molecular weight is 396 g/mol. The minimum absolute atomic E-state index is 0.186. The van der Waals surface area contributed by atoms with Gasteiger partial charge in [0.2, 0.25) is 0 Å². The van der Waals surface area contributed by atoms with Crippen molar-refractivity contribution in [3.05, 3.63) is 100 Å². The Morgan fingerprint density at radius 2 is 1.63 bits per heavy atom. The van der Waals surface area contributed by atoms with Gasteiger partial charge in [0.15, 0.2) is 5.96 Å². The summed E-state index contributed by atoms with van der Waals surface area (Å²) in [5.41, 5.74) is 3.31. The molecule has 4 rings (SSSR count). The van der Waals surface area contributed by atoms with E-state index in [0.717, 1.165) is 23.8 Å². The topological polar surface area (TPSA) is 27.6 Å². The van der Waals surface area contributed by atoms with Gasteiger partial charge in [0.1, 0.15) is 0 Å². The molecule has 3 aromatic rings. The van der Waals surface area contributed by atoms with E-state index < -0.39 is 0 Å². The smallest absolute Gasteiger partial charge is 0.199 e. The summed E-state index contributed by atoms with van der Waals surface area (Å²) < 4.78 is 0. The fraction of sp³-hybridized carbons (Fsp3) is 0.136. The molecule has 0 aliphatic carbocycles. The molecule has 0 saturated carbocycles. The molecule has 0 bridgehead atoms. The summed E-state index contributed by atoms with van der Waals surface area (Å²) in [5.74, 6) is 0.848. The van der Waals surface area contributed by atoms with Crippen LogP contribution in [0.4, 0.5) is 5.69 Å². The Labute approximate surface area is 169 Å². The largest absolute Gasteiger partial charge is 0.347 e. The number of para-hydroxylation sites is 1. The Kier molecular flexibility index (Phi) is 5.33. The van der Waals surface area contributed by atoms with Crippen LogP contribution in [0.25, 0.3) is 0 Å². The lowest BCUT2D eigenvalue weighted by Gasteiger charge is -2.17. The molecule has 1 atom stereocenters. The molecule has 0 aromatic heterocycles. The van der Waals surface area contributed by atoms with E-state index in [1.807, 2.05) is 36.4 Å². The minimum atomic E-state index is 0.186. The Hall–Kier alpha value is -2.49. The molecule has 136 valence electrons. The minimum Gasteiger partial charge on any atom is -0.347 e. The van der Waals surface area contributed by atoms with Gasteiger partial charge in [-0.05, 0) is 35.4 Å². The van der Waals surface area contributed by atoms with Crippen LogP contribution in [0, 0.1) is 0 Å². The van der Waals surface area contributed by atoms with E-state index in [4.69, 9.17) is 28.2 Å². The third-order valence-corrected chi connectivity index (χ3v) is 5.20. The molecule has 1 N–H and O–H groups in total. The summed E-state index contributed by atoms with van der Waals surface area (Å²) in [7, 11) is 0. The SMILES string of the molecule is Clc1ccc(CN=C2N[C@H](c3ccccc3)CN2c2ccccc2)c(Cl)c1. The summed E-state index contributed by atoms with van der Waals surface area (Å²) in [5, 5.41) is 4.83. The molecule has 5 heteroatoms. The number of anilines is 1. The molecule has 1 aliphatic heterocycles.